The lowest BCUT2D eigenvalue weighted by molar-refractivity contribution is 0.601. The molecule has 0 saturated carbocycles. The summed E-state index contributed by atoms with van der Waals surface area (Å²) < 4.78 is 28.2. The number of hydrogen-bond donors (Lipinski definition) is 1. The van der Waals surface area contributed by atoms with E-state index in [1.165, 1.54) is 0 Å². The number of hydrogen-bond acceptors (Lipinski definition) is 2. The molecule has 0 fully saturated rings. The van der Waals surface area contributed by atoms with Gasteiger partial charge in [-0.1, -0.05) is 53.6 Å². The number of fused-ring (bicyclic) bond motifs is 1. The lowest BCUT2D eigenvalue weighted by Crippen LogP contribution is -2.14. The molecule has 24 heavy (non-hydrogen) atoms. The second kappa shape index (κ2) is 6.11. The van der Waals surface area contributed by atoms with Crippen molar-refractivity contribution < 1.29 is 8.42 Å². The Hall–Kier alpha value is -2.04. The van der Waals surface area contributed by atoms with Gasteiger partial charge in [0.05, 0.1) is 10.6 Å². The minimum atomic E-state index is -3.68. The van der Waals surface area contributed by atoms with Gasteiger partial charge in [-0.2, -0.15) is 0 Å². The van der Waals surface area contributed by atoms with Gasteiger partial charge in [-0.25, -0.2) is 8.42 Å². The highest BCUT2D eigenvalue weighted by Crippen LogP contribution is 2.37. The summed E-state index contributed by atoms with van der Waals surface area (Å²) in [4.78, 5) is 0.230. The van der Waals surface area contributed by atoms with Gasteiger partial charge in [0, 0.05) is 10.4 Å². The van der Waals surface area contributed by atoms with Crippen molar-refractivity contribution in [2.75, 3.05) is 4.72 Å². The van der Waals surface area contributed by atoms with Crippen LogP contribution in [0.1, 0.15) is 16.7 Å². The highest BCUT2D eigenvalue weighted by Gasteiger charge is 2.19. The topological polar surface area (TPSA) is 46.2 Å². The van der Waals surface area contributed by atoms with Crippen molar-refractivity contribution in [3.8, 4) is 0 Å². The summed E-state index contributed by atoms with van der Waals surface area (Å²) in [6, 6.07) is 14.4. The van der Waals surface area contributed by atoms with Crippen LogP contribution in [0.2, 0.25) is 5.02 Å². The molecule has 3 aromatic rings. The van der Waals surface area contributed by atoms with E-state index in [-0.39, 0.29) is 4.90 Å². The Labute approximate surface area is 147 Å². The first-order valence-corrected chi connectivity index (χ1v) is 9.44. The summed E-state index contributed by atoms with van der Waals surface area (Å²) >= 11 is 6.42. The standard InChI is InChI=1S/C19H18ClNO2S/c1-12-8-10-15(11-9-12)24(22,23)21-19-14(3)18(20)13(2)16-6-4-5-7-17(16)19/h4-11,21H,1-3H3. The summed E-state index contributed by atoms with van der Waals surface area (Å²) in [5, 5.41) is 2.36. The lowest BCUT2D eigenvalue weighted by atomic mass is 10.00. The Balaban J connectivity index is 2.18. The van der Waals surface area contributed by atoms with E-state index in [0.29, 0.717) is 10.7 Å². The van der Waals surface area contributed by atoms with E-state index < -0.39 is 10.0 Å². The number of rotatable bonds is 3. The van der Waals surface area contributed by atoms with Gasteiger partial charge in [0.1, 0.15) is 0 Å². The monoisotopic (exact) mass is 359 g/mol. The molecular weight excluding hydrogens is 342 g/mol. The molecule has 124 valence electrons. The Kier molecular flexibility index (Phi) is 4.28. The van der Waals surface area contributed by atoms with Gasteiger partial charge < -0.3 is 0 Å². The number of anilines is 1. The molecular formula is C19H18ClNO2S. The summed E-state index contributed by atoms with van der Waals surface area (Å²) in [5.74, 6) is 0. The van der Waals surface area contributed by atoms with Crippen molar-refractivity contribution in [1.82, 2.24) is 0 Å². The molecule has 3 rings (SSSR count). The Bertz CT molecular complexity index is 1030. The normalized spacial score (nSPS) is 11.7. The largest absolute Gasteiger partial charge is 0.279 e. The zero-order chi connectivity index (χ0) is 17.5. The van der Waals surface area contributed by atoms with E-state index >= 15 is 0 Å². The van der Waals surface area contributed by atoms with Crippen LogP contribution in [-0.4, -0.2) is 8.42 Å². The molecule has 0 aromatic heterocycles. The number of halogens is 1. The van der Waals surface area contributed by atoms with E-state index in [2.05, 4.69) is 4.72 Å². The first-order chi connectivity index (χ1) is 11.3. The van der Waals surface area contributed by atoms with Crippen molar-refractivity contribution in [3.63, 3.8) is 0 Å². The molecule has 0 aliphatic rings. The second-order valence-electron chi connectivity index (χ2n) is 5.90. The zero-order valence-corrected chi connectivity index (χ0v) is 15.3. The van der Waals surface area contributed by atoms with Gasteiger partial charge in [-0.3, -0.25) is 4.72 Å². The molecule has 0 aliphatic heterocycles. The number of aryl methyl sites for hydroxylation is 2. The molecule has 3 aromatic carbocycles. The fraction of sp³-hybridized carbons (Fsp3) is 0.158. The fourth-order valence-corrected chi connectivity index (χ4v) is 4.12. The highest BCUT2D eigenvalue weighted by molar-refractivity contribution is 7.92. The minimum absolute atomic E-state index is 0.230. The van der Waals surface area contributed by atoms with Crippen LogP contribution in [0.15, 0.2) is 53.4 Å². The van der Waals surface area contributed by atoms with Crippen molar-refractivity contribution in [2.24, 2.45) is 0 Å². The molecule has 0 bridgehead atoms. The summed E-state index contributed by atoms with van der Waals surface area (Å²) in [5.41, 5.74) is 3.21. The van der Waals surface area contributed by atoms with Crippen molar-refractivity contribution >= 4 is 38.1 Å². The molecule has 0 radical (unpaired) electrons. The van der Waals surface area contributed by atoms with E-state index in [4.69, 9.17) is 11.6 Å². The summed E-state index contributed by atoms with van der Waals surface area (Å²) in [7, 11) is -3.68. The zero-order valence-electron chi connectivity index (χ0n) is 13.7. The maximum atomic E-state index is 12.8. The summed E-state index contributed by atoms with van der Waals surface area (Å²) in [6.07, 6.45) is 0. The van der Waals surface area contributed by atoms with Crippen molar-refractivity contribution in [3.05, 3.63) is 70.2 Å². The molecule has 1 N–H and O–H groups in total. The third kappa shape index (κ3) is 2.87. The number of sulfonamides is 1. The lowest BCUT2D eigenvalue weighted by Gasteiger charge is -2.17. The molecule has 3 nitrogen and oxygen atoms in total. The van der Waals surface area contributed by atoms with Crippen LogP contribution in [0.4, 0.5) is 5.69 Å². The van der Waals surface area contributed by atoms with Crippen LogP contribution < -0.4 is 4.72 Å². The van der Waals surface area contributed by atoms with E-state index in [0.717, 1.165) is 27.5 Å². The third-order valence-corrected chi connectivity index (χ3v) is 6.13. The summed E-state index contributed by atoms with van der Waals surface area (Å²) in [6.45, 7) is 5.69. The Morgan fingerprint density at radius 1 is 0.833 bits per heavy atom. The number of nitrogens with one attached hydrogen (secondary N) is 1. The molecule has 0 heterocycles. The predicted molar refractivity (Wildman–Crippen MR) is 100 cm³/mol. The van der Waals surface area contributed by atoms with Crippen LogP contribution in [0, 0.1) is 20.8 Å². The average Bonchev–Trinajstić information content (AvgIpc) is 2.57. The van der Waals surface area contributed by atoms with Gasteiger partial charge in [-0.15, -0.1) is 0 Å². The molecule has 0 unspecified atom stereocenters. The van der Waals surface area contributed by atoms with Gasteiger partial charge >= 0.3 is 0 Å². The molecule has 0 aliphatic carbocycles. The van der Waals surface area contributed by atoms with Crippen LogP contribution >= 0.6 is 11.6 Å². The van der Waals surface area contributed by atoms with E-state index in [1.807, 2.05) is 45.0 Å². The van der Waals surface area contributed by atoms with Crippen LogP contribution in [0.3, 0.4) is 0 Å². The van der Waals surface area contributed by atoms with Crippen LogP contribution in [-0.2, 0) is 10.0 Å². The predicted octanol–water partition coefficient (Wildman–Crippen LogP) is 5.22. The fourth-order valence-electron chi connectivity index (χ4n) is 2.78. The van der Waals surface area contributed by atoms with Crippen molar-refractivity contribution in [1.29, 1.82) is 0 Å². The molecule has 5 heteroatoms. The molecule has 0 saturated heterocycles. The minimum Gasteiger partial charge on any atom is -0.279 e. The Morgan fingerprint density at radius 2 is 1.42 bits per heavy atom. The van der Waals surface area contributed by atoms with Crippen LogP contribution in [0.5, 0.6) is 0 Å². The highest BCUT2D eigenvalue weighted by atomic mass is 35.5. The van der Waals surface area contributed by atoms with Crippen LogP contribution in [0.25, 0.3) is 10.8 Å². The Morgan fingerprint density at radius 3 is 2.04 bits per heavy atom. The number of benzene rings is 3. The van der Waals surface area contributed by atoms with E-state index in [1.54, 1.807) is 24.3 Å². The van der Waals surface area contributed by atoms with Gasteiger partial charge in [-0.05, 0) is 49.4 Å². The maximum Gasteiger partial charge on any atom is 0.261 e. The van der Waals surface area contributed by atoms with Gasteiger partial charge in [0.15, 0.2) is 0 Å². The maximum absolute atomic E-state index is 12.8. The van der Waals surface area contributed by atoms with Gasteiger partial charge in [0.25, 0.3) is 10.0 Å². The second-order valence-corrected chi connectivity index (χ2v) is 7.96. The first kappa shape index (κ1) is 16.8. The van der Waals surface area contributed by atoms with Gasteiger partial charge in [0.2, 0.25) is 0 Å². The molecule has 0 atom stereocenters. The van der Waals surface area contributed by atoms with E-state index in [9.17, 15) is 8.42 Å². The quantitative estimate of drug-likeness (QED) is 0.696. The SMILES string of the molecule is Cc1ccc(S(=O)(=O)Nc2c(C)c(Cl)c(C)c3ccccc23)cc1. The average molecular weight is 360 g/mol. The van der Waals surface area contributed by atoms with Crippen molar-refractivity contribution in [2.45, 2.75) is 25.7 Å². The molecule has 0 amide bonds. The first-order valence-electron chi connectivity index (χ1n) is 7.58. The molecule has 0 spiro atoms. The smallest absolute Gasteiger partial charge is 0.261 e. The third-order valence-electron chi connectivity index (χ3n) is 4.20.